The Balaban J connectivity index is 1.25. The SMILES string of the molecule is C1CCC(C2CCC(C3CCC4(CC3)OCCO4)CC2)C1. The molecule has 2 heteroatoms. The molecule has 4 fully saturated rings. The summed E-state index contributed by atoms with van der Waals surface area (Å²) >= 11 is 0. The largest absolute Gasteiger partial charge is 0.348 e. The topological polar surface area (TPSA) is 18.5 Å². The van der Waals surface area contributed by atoms with Crippen LogP contribution >= 0.6 is 0 Å². The Morgan fingerprint density at radius 3 is 1.48 bits per heavy atom. The van der Waals surface area contributed by atoms with Crippen molar-refractivity contribution in [2.75, 3.05) is 13.2 Å². The molecule has 0 atom stereocenters. The molecule has 1 spiro atoms. The standard InChI is InChI=1S/C19H32O2/c1-2-4-15(3-1)16-5-7-17(8-6-16)18-9-11-19(12-10-18)20-13-14-21-19/h15-18H,1-14H2. The summed E-state index contributed by atoms with van der Waals surface area (Å²) in [5.41, 5.74) is 0. The highest BCUT2D eigenvalue weighted by Crippen LogP contribution is 2.47. The van der Waals surface area contributed by atoms with E-state index < -0.39 is 0 Å². The van der Waals surface area contributed by atoms with Crippen molar-refractivity contribution in [3.05, 3.63) is 0 Å². The van der Waals surface area contributed by atoms with Gasteiger partial charge in [-0.1, -0.05) is 25.7 Å². The molecule has 0 unspecified atom stereocenters. The van der Waals surface area contributed by atoms with E-state index in [9.17, 15) is 0 Å². The van der Waals surface area contributed by atoms with Crippen LogP contribution in [0.15, 0.2) is 0 Å². The van der Waals surface area contributed by atoms with Gasteiger partial charge in [0.15, 0.2) is 5.79 Å². The fourth-order valence-corrected chi connectivity index (χ4v) is 5.85. The molecular formula is C19H32O2. The van der Waals surface area contributed by atoms with Crippen LogP contribution < -0.4 is 0 Å². The Bertz CT molecular complexity index is 323. The van der Waals surface area contributed by atoms with Crippen LogP contribution in [0.1, 0.15) is 77.0 Å². The van der Waals surface area contributed by atoms with Crippen LogP contribution in [0.4, 0.5) is 0 Å². The van der Waals surface area contributed by atoms with Crippen molar-refractivity contribution < 1.29 is 9.47 Å². The van der Waals surface area contributed by atoms with Gasteiger partial charge in [-0.3, -0.25) is 0 Å². The summed E-state index contributed by atoms with van der Waals surface area (Å²) in [6, 6.07) is 0. The Labute approximate surface area is 130 Å². The van der Waals surface area contributed by atoms with Gasteiger partial charge in [0, 0.05) is 12.8 Å². The normalized spacial score (nSPS) is 38.3. The zero-order valence-electron chi connectivity index (χ0n) is 13.5. The van der Waals surface area contributed by atoms with Crippen molar-refractivity contribution in [1.82, 2.24) is 0 Å². The molecule has 0 radical (unpaired) electrons. The molecular weight excluding hydrogens is 260 g/mol. The molecule has 0 amide bonds. The van der Waals surface area contributed by atoms with Crippen molar-refractivity contribution in [2.24, 2.45) is 23.7 Å². The Kier molecular flexibility index (Phi) is 4.28. The molecule has 1 aliphatic heterocycles. The molecule has 0 aromatic carbocycles. The zero-order chi connectivity index (χ0) is 14.1. The van der Waals surface area contributed by atoms with Crippen LogP contribution in [0, 0.1) is 23.7 Å². The Morgan fingerprint density at radius 2 is 0.952 bits per heavy atom. The maximum atomic E-state index is 5.88. The quantitative estimate of drug-likeness (QED) is 0.719. The van der Waals surface area contributed by atoms with E-state index in [1.807, 2.05) is 0 Å². The average Bonchev–Trinajstić information content (AvgIpc) is 3.21. The summed E-state index contributed by atoms with van der Waals surface area (Å²) in [6.07, 6.45) is 17.2. The molecule has 3 aliphatic carbocycles. The number of hydrogen-bond donors (Lipinski definition) is 0. The fraction of sp³-hybridized carbons (Fsp3) is 1.00. The predicted molar refractivity (Wildman–Crippen MR) is 84.0 cm³/mol. The maximum Gasteiger partial charge on any atom is 0.168 e. The van der Waals surface area contributed by atoms with Gasteiger partial charge in [-0.2, -0.15) is 0 Å². The Hall–Kier alpha value is -0.0800. The summed E-state index contributed by atoms with van der Waals surface area (Å²) in [5.74, 6) is 4.01. The van der Waals surface area contributed by atoms with Crippen molar-refractivity contribution in [2.45, 2.75) is 82.8 Å². The number of rotatable bonds is 2. The highest BCUT2D eigenvalue weighted by Gasteiger charge is 2.42. The van der Waals surface area contributed by atoms with Gasteiger partial charge in [-0.15, -0.1) is 0 Å². The molecule has 4 rings (SSSR count). The summed E-state index contributed by atoms with van der Waals surface area (Å²) in [4.78, 5) is 0. The van der Waals surface area contributed by atoms with Gasteiger partial charge < -0.3 is 9.47 Å². The van der Waals surface area contributed by atoms with Gasteiger partial charge in [0.05, 0.1) is 13.2 Å². The van der Waals surface area contributed by atoms with Crippen molar-refractivity contribution in [1.29, 1.82) is 0 Å². The molecule has 0 N–H and O–H groups in total. The second kappa shape index (κ2) is 6.20. The highest BCUT2D eigenvalue weighted by atomic mass is 16.7. The first-order chi connectivity index (χ1) is 10.3. The van der Waals surface area contributed by atoms with Crippen molar-refractivity contribution in [3.8, 4) is 0 Å². The van der Waals surface area contributed by atoms with E-state index in [0.717, 1.165) is 49.7 Å². The molecule has 21 heavy (non-hydrogen) atoms. The van der Waals surface area contributed by atoms with Gasteiger partial charge >= 0.3 is 0 Å². The molecule has 1 heterocycles. The fourth-order valence-electron chi connectivity index (χ4n) is 5.85. The van der Waals surface area contributed by atoms with E-state index >= 15 is 0 Å². The van der Waals surface area contributed by atoms with Gasteiger partial charge in [-0.05, 0) is 62.2 Å². The lowest BCUT2D eigenvalue weighted by Gasteiger charge is -2.41. The van der Waals surface area contributed by atoms with Crippen LogP contribution in [0.5, 0.6) is 0 Å². The average molecular weight is 292 g/mol. The van der Waals surface area contributed by atoms with Crippen LogP contribution in [0.3, 0.4) is 0 Å². The monoisotopic (exact) mass is 292 g/mol. The first-order valence-electron chi connectivity index (χ1n) is 9.63. The lowest BCUT2D eigenvalue weighted by atomic mass is 9.68. The molecule has 0 bridgehead atoms. The summed E-state index contributed by atoms with van der Waals surface area (Å²) in [5, 5.41) is 0. The van der Waals surface area contributed by atoms with Crippen LogP contribution in [0.25, 0.3) is 0 Å². The molecule has 120 valence electrons. The van der Waals surface area contributed by atoms with E-state index in [2.05, 4.69) is 0 Å². The van der Waals surface area contributed by atoms with Crippen molar-refractivity contribution >= 4 is 0 Å². The molecule has 3 saturated carbocycles. The smallest absolute Gasteiger partial charge is 0.168 e. The van der Waals surface area contributed by atoms with E-state index in [4.69, 9.17) is 9.47 Å². The summed E-state index contributed by atoms with van der Waals surface area (Å²) < 4.78 is 11.8. The van der Waals surface area contributed by atoms with E-state index in [1.54, 1.807) is 0 Å². The Morgan fingerprint density at radius 1 is 0.524 bits per heavy atom. The maximum absolute atomic E-state index is 5.88. The van der Waals surface area contributed by atoms with Gasteiger partial charge in [0.2, 0.25) is 0 Å². The number of hydrogen-bond acceptors (Lipinski definition) is 2. The van der Waals surface area contributed by atoms with E-state index in [-0.39, 0.29) is 5.79 Å². The van der Waals surface area contributed by atoms with E-state index in [1.165, 1.54) is 64.2 Å². The molecule has 0 aromatic rings. The van der Waals surface area contributed by atoms with Gasteiger partial charge in [-0.25, -0.2) is 0 Å². The van der Waals surface area contributed by atoms with E-state index in [0.29, 0.717) is 0 Å². The lowest BCUT2D eigenvalue weighted by molar-refractivity contribution is -0.185. The third-order valence-corrected chi connectivity index (χ3v) is 7.16. The minimum Gasteiger partial charge on any atom is -0.348 e. The second-order valence-corrected chi connectivity index (χ2v) is 8.16. The molecule has 1 saturated heterocycles. The third-order valence-electron chi connectivity index (χ3n) is 7.16. The lowest BCUT2D eigenvalue weighted by Crippen LogP contribution is -2.37. The number of ether oxygens (including phenoxy) is 2. The summed E-state index contributed by atoms with van der Waals surface area (Å²) in [6.45, 7) is 1.63. The first kappa shape index (κ1) is 14.5. The molecule has 2 nitrogen and oxygen atoms in total. The van der Waals surface area contributed by atoms with Crippen LogP contribution in [-0.2, 0) is 9.47 Å². The predicted octanol–water partition coefficient (Wildman–Crippen LogP) is 4.92. The second-order valence-electron chi connectivity index (χ2n) is 8.16. The first-order valence-corrected chi connectivity index (χ1v) is 9.63. The van der Waals surface area contributed by atoms with Crippen molar-refractivity contribution in [3.63, 3.8) is 0 Å². The zero-order valence-corrected chi connectivity index (χ0v) is 13.5. The van der Waals surface area contributed by atoms with Gasteiger partial charge in [0.25, 0.3) is 0 Å². The van der Waals surface area contributed by atoms with Crippen LogP contribution in [-0.4, -0.2) is 19.0 Å². The summed E-state index contributed by atoms with van der Waals surface area (Å²) in [7, 11) is 0. The minimum atomic E-state index is -0.155. The van der Waals surface area contributed by atoms with Crippen LogP contribution in [0.2, 0.25) is 0 Å². The minimum absolute atomic E-state index is 0.155. The molecule has 0 aromatic heterocycles. The third kappa shape index (κ3) is 3.03. The van der Waals surface area contributed by atoms with Gasteiger partial charge in [0.1, 0.15) is 0 Å². The highest BCUT2D eigenvalue weighted by molar-refractivity contribution is 4.88. The molecule has 4 aliphatic rings.